The van der Waals surface area contributed by atoms with Crippen LogP contribution in [0.5, 0.6) is 0 Å². The average Bonchev–Trinajstić information content (AvgIpc) is 3.31. The first-order valence-corrected chi connectivity index (χ1v) is 11.1. The number of methoxy groups -OCH3 is 1. The third kappa shape index (κ3) is 6.40. The molecule has 9 heteroatoms. The smallest absolute Gasteiger partial charge is 0.337 e. The number of amides is 1. The van der Waals surface area contributed by atoms with Gasteiger partial charge in [-0.15, -0.1) is 0 Å². The minimum atomic E-state index is -3.93. The zero-order chi connectivity index (χ0) is 23.0. The standard InChI is InChI=1S/C23H22N2O6S/c1-30-23(27)19-9-11-20(12-10-19)24-22(26)17-25(16-21-8-5-14-31-21)32(28,29)15-13-18-6-3-2-4-7-18/h2-15H,16-17H2,1H3,(H,24,26)/b15-13+. The first-order valence-electron chi connectivity index (χ1n) is 9.61. The topological polar surface area (TPSA) is 106 Å². The third-order valence-corrected chi connectivity index (χ3v) is 5.87. The van der Waals surface area contributed by atoms with Gasteiger partial charge in [-0.25, -0.2) is 13.2 Å². The molecular weight excluding hydrogens is 432 g/mol. The highest BCUT2D eigenvalue weighted by molar-refractivity contribution is 7.92. The second kappa shape index (κ2) is 10.6. The van der Waals surface area contributed by atoms with Crippen LogP contribution in [0.2, 0.25) is 0 Å². The highest BCUT2D eigenvalue weighted by Crippen LogP contribution is 2.15. The van der Waals surface area contributed by atoms with E-state index < -0.39 is 28.4 Å². The molecule has 3 aromatic rings. The van der Waals surface area contributed by atoms with Crippen LogP contribution in [0.3, 0.4) is 0 Å². The minimum Gasteiger partial charge on any atom is -0.468 e. The largest absolute Gasteiger partial charge is 0.468 e. The Bertz CT molecular complexity index is 1170. The first-order chi connectivity index (χ1) is 15.4. The molecule has 0 radical (unpaired) electrons. The van der Waals surface area contributed by atoms with Gasteiger partial charge < -0.3 is 14.5 Å². The highest BCUT2D eigenvalue weighted by Gasteiger charge is 2.24. The summed E-state index contributed by atoms with van der Waals surface area (Å²) in [4.78, 5) is 24.1. The number of carbonyl (C=O) groups is 2. The van der Waals surface area contributed by atoms with Crippen LogP contribution in [0.4, 0.5) is 5.69 Å². The van der Waals surface area contributed by atoms with E-state index >= 15 is 0 Å². The van der Waals surface area contributed by atoms with Crippen LogP contribution in [0, 0.1) is 0 Å². The lowest BCUT2D eigenvalue weighted by Gasteiger charge is -2.19. The molecule has 0 bridgehead atoms. The summed E-state index contributed by atoms with van der Waals surface area (Å²) in [5, 5.41) is 3.69. The van der Waals surface area contributed by atoms with E-state index in [0.717, 1.165) is 9.71 Å². The minimum absolute atomic E-state index is 0.108. The van der Waals surface area contributed by atoms with Crippen LogP contribution in [0.1, 0.15) is 21.7 Å². The summed E-state index contributed by atoms with van der Waals surface area (Å²) in [5.41, 5.74) is 1.46. The van der Waals surface area contributed by atoms with E-state index in [1.165, 1.54) is 43.7 Å². The fourth-order valence-electron chi connectivity index (χ4n) is 2.80. The van der Waals surface area contributed by atoms with Crippen molar-refractivity contribution in [2.24, 2.45) is 0 Å². The maximum Gasteiger partial charge on any atom is 0.337 e. The molecule has 2 aromatic carbocycles. The Labute approximate surface area is 186 Å². The van der Waals surface area contributed by atoms with Gasteiger partial charge >= 0.3 is 5.97 Å². The van der Waals surface area contributed by atoms with E-state index in [-0.39, 0.29) is 6.54 Å². The van der Waals surface area contributed by atoms with Crippen molar-refractivity contribution in [2.45, 2.75) is 6.54 Å². The van der Waals surface area contributed by atoms with Gasteiger partial charge in [-0.2, -0.15) is 4.31 Å². The molecule has 0 aliphatic carbocycles. The number of esters is 1. The van der Waals surface area contributed by atoms with Gasteiger partial charge in [0.05, 0.1) is 32.0 Å². The number of nitrogens with one attached hydrogen (secondary N) is 1. The monoisotopic (exact) mass is 454 g/mol. The Morgan fingerprint density at radius 1 is 1.03 bits per heavy atom. The molecule has 166 valence electrons. The van der Waals surface area contributed by atoms with Crippen LogP contribution in [0.15, 0.2) is 82.8 Å². The Balaban J connectivity index is 1.74. The molecule has 1 aromatic heterocycles. The molecule has 0 unspecified atom stereocenters. The van der Waals surface area contributed by atoms with E-state index in [1.54, 1.807) is 36.4 Å². The number of nitrogens with zero attached hydrogens (tertiary/aromatic N) is 1. The Kier molecular flexibility index (Phi) is 7.58. The average molecular weight is 455 g/mol. The summed E-state index contributed by atoms with van der Waals surface area (Å²) >= 11 is 0. The Morgan fingerprint density at radius 2 is 1.75 bits per heavy atom. The summed E-state index contributed by atoms with van der Waals surface area (Å²) < 4.78 is 36.8. The molecule has 0 atom stereocenters. The van der Waals surface area contributed by atoms with Crippen LogP contribution in [-0.4, -0.2) is 38.3 Å². The Hall–Kier alpha value is -3.69. The van der Waals surface area contributed by atoms with Crippen molar-refractivity contribution in [1.29, 1.82) is 0 Å². The summed E-state index contributed by atoms with van der Waals surface area (Å²) in [6.45, 7) is -0.538. The summed E-state index contributed by atoms with van der Waals surface area (Å²) in [5.74, 6) is -0.639. The van der Waals surface area contributed by atoms with Crippen LogP contribution in [0.25, 0.3) is 6.08 Å². The SMILES string of the molecule is COC(=O)c1ccc(NC(=O)CN(Cc2ccco2)S(=O)(=O)/C=C/c2ccccc2)cc1. The molecule has 0 saturated heterocycles. The first kappa shape index (κ1) is 23.0. The highest BCUT2D eigenvalue weighted by atomic mass is 32.2. The fourth-order valence-corrected chi connectivity index (χ4v) is 3.90. The summed E-state index contributed by atoms with van der Waals surface area (Å²) in [7, 11) is -2.66. The number of ether oxygens (including phenoxy) is 1. The third-order valence-electron chi connectivity index (χ3n) is 4.41. The molecular formula is C23H22N2O6S. The second-order valence-corrected chi connectivity index (χ2v) is 8.54. The number of benzene rings is 2. The lowest BCUT2D eigenvalue weighted by atomic mass is 10.2. The lowest BCUT2D eigenvalue weighted by Crippen LogP contribution is -2.36. The number of rotatable bonds is 9. The maximum atomic E-state index is 12.9. The van der Waals surface area contributed by atoms with Gasteiger partial charge in [0.25, 0.3) is 0 Å². The van der Waals surface area contributed by atoms with Crippen molar-refractivity contribution in [2.75, 3.05) is 19.0 Å². The van der Waals surface area contributed by atoms with Gasteiger partial charge in [-0.05, 0) is 48.0 Å². The van der Waals surface area contributed by atoms with E-state index in [1.807, 2.05) is 6.07 Å². The molecule has 0 saturated carbocycles. The van der Waals surface area contributed by atoms with Crippen molar-refractivity contribution >= 4 is 33.7 Å². The summed E-state index contributed by atoms with van der Waals surface area (Å²) in [6, 6.07) is 18.3. The van der Waals surface area contributed by atoms with Gasteiger partial charge in [0, 0.05) is 11.1 Å². The molecule has 1 N–H and O–H groups in total. The number of hydrogen-bond acceptors (Lipinski definition) is 6. The Morgan fingerprint density at radius 3 is 2.38 bits per heavy atom. The molecule has 1 amide bonds. The zero-order valence-corrected chi connectivity index (χ0v) is 18.1. The van der Waals surface area contributed by atoms with E-state index in [2.05, 4.69) is 10.1 Å². The van der Waals surface area contributed by atoms with Gasteiger partial charge in [0.1, 0.15) is 5.76 Å². The van der Waals surface area contributed by atoms with Crippen LogP contribution < -0.4 is 5.32 Å². The quantitative estimate of drug-likeness (QED) is 0.496. The van der Waals surface area contributed by atoms with Gasteiger partial charge in [0.2, 0.25) is 15.9 Å². The molecule has 1 heterocycles. The molecule has 0 fully saturated rings. The fraction of sp³-hybridized carbons (Fsp3) is 0.130. The van der Waals surface area contributed by atoms with E-state index in [0.29, 0.717) is 22.6 Å². The molecule has 32 heavy (non-hydrogen) atoms. The van der Waals surface area contributed by atoms with Crippen LogP contribution in [-0.2, 0) is 26.1 Å². The normalized spacial score (nSPS) is 11.6. The molecule has 0 aliphatic heterocycles. The number of anilines is 1. The van der Waals surface area contributed by atoms with Crippen molar-refractivity contribution in [3.8, 4) is 0 Å². The predicted molar refractivity (Wildman–Crippen MR) is 120 cm³/mol. The maximum absolute atomic E-state index is 12.9. The van der Waals surface area contributed by atoms with Crippen LogP contribution >= 0.6 is 0 Å². The van der Waals surface area contributed by atoms with Gasteiger partial charge in [-0.3, -0.25) is 4.79 Å². The number of furan rings is 1. The molecule has 8 nitrogen and oxygen atoms in total. The second-order valence-electron chi connectivity index (χ2n) is 6.72. The predicted octanol–water partition coefficient (Wildman–Crippen LogP) is 3.51. The molecule has 0 spiro atoms. The molecule has 3 rings (SSSR count). The van der Waals surface area contributed by atoms with Gasteiger partial charge in [-0.1, -0.05) is 30.3 Å². The van der Waals surface area contributed by atoms with E-state index in [4.69, 9.17) is 4.42 Å². The van der Waals surface area contributed by atoms with Crippen molar-refractivity contribution in [3.05, 3.63) is 95.3 Å². The number of hydrogen-bond donors (Lipinski definition) is 1. The van der Waals surface area contributed by atoms with E-state index in [9.17, 15) is 18.0 Å². The number of sulfonamides is 1. The van der Waals surface area contributed by atoms with Gasteiger partial charge in [0.15, 0.2) is 0 Å². The van der Waals surface area contributed by atoms with Crippen molar-refractivity contribution in [3.63, 3.8) is 0 Å². The van der Waals surface area contributed by atoms with Crippen molar-refractivity contribution < 1.29 is 27.2 Å². The lowest BCUT2D eigenvalue weighted by molar-refractivity contribution is -0.116. The number of carbonyl (C=O) groups excluding carboxylic acids is 2. The molecule has 0 aliphatic rings. The summed E-state index contributed by atoms with van der Waals surface area (Å²) in [6.07, 6.45) is 2.90. The van der Waals surface area contributed by atoms with Crippen molar-refractivity contribution in [1.82, 2.24) is 4.31 Å². The zero-order valence-electron chi connectivity index (χ0n) is 17.3.